The molecule has 0 rings (SSSR count). The van der Waals surface area contributed by atoms with Crippen LogP contribution in [0.3, 0.4) is 0 Å². The Labute approximate surface area is 485 Å². The maximum absolute atomic E-state index is 12.9. The van der Waals surface area contributed by atoms with Crippen LogP contribution in [0.5, 0.6) is 0 Å². The van der Waals surface area contributed by atoms with Crippen LogP contribution >= 0.6 is 0 Å². The molecule has 0 aromatic heterocycles. The van der Waals surface area contributed by atoms with Gasteiger partial charge in [-0.2, -0.15) is 0 Å². The van der Waals surface area contributed by atoms with Crippen LogP contribution in [-0.4, -0.2) is 37.2 Å². The highest BCUT2D eigenvalue weighted by atomic mass is 16.6. The SMILES string of the molecule is CC/C=C\C/C=C\C/C=C\C/C=C\C/C=C\C/C=C\C/C=C\C/C=C\C/C=C\C/C=C\CCCCC(=O)OCC(COC(=O)CCCCC/C=C\C/C=C\C/C=C\CC)OC(=O)CCCCCCC/C=C\CCCCCCCC. The van der Waals surface area contributed by atoms with E-state index in [0.29, 0.717) is 19.3 Å². The predicted molar refractivity (Wildman–Crippen MR) is 343 cm³/mol. The zero-order chi connectivity index (χ0) is 57.1. The van der Waals surface area contributed by atoms with E-state index in [1.807, 2.05) is 0 Å². The van der Waals surface area contributed by atoms with Crippen LogP contribution in [0.25, 0.3) is 0 Å². The highest BCUT2D eigenvalue weighted by Crippen LogP contribution is 2.13. The standard InChI is InChI=1S/C73H114O6/c1-4-7-10-13-16-19-22-25-27-28-29-30-31-32-33-34-35-36-37-38-39-40-41-42-43-44-46-48-51-54-57-60-63-66-72(75)78-69-70(68-77-71(74)65-62-59-56-53-50-47-24-21-18-15-12-9-6-3)79-73(76)67-64-61-58-55-52-49-45-26-23-20-17-14-11-8-5-2/h7,9-10,12,16,18-19,21,25-27,29-30,32-33,35-36,38-39,41-42,44-47,50-51,54,70H,4-6,8,11,13-15,17,20,22-24,28,31,34,37,40,43,48-49,52-53,55-69H2,1-3H3/b10-7-,12-9-,19-16-,21-18-,27-25-,30-29-,33-32-,36-35-,39-38-,42-41-,45-26-,46-44-,50-47-,54-51-. The first kappa shape index (κ1) is 73.8. The summed E-state index contributed by atoms with van der Waals surface area (Å²) in [6.45, 7) is 6.32. The number of hydrogen-bond donors (Lipinski definition) is 0. The molecule has 79 heavy (non-hydrogen) atoms. The molecule has 442 valence electrons. The van der Waals surface area contributed by atoms with Crippen molar-refractivity contribution >= 4 is 17.9 Å². The molecule has 1 unspecified atom stereocenters. The van der Waals surface area contributed by atoms with Crippen LogP contribution in [0.15, 0.2) is 170 Å². The largest absolute Gasteiger partial charge is 0.462 e. The summed E-state index contributed by atoms with van der Waals surface area (Å²) in [7, 11) is 0. The van der Waals surface area contributed by atoms with Crippen LogP contribution in [0.2, 0.25) is 0 Å². The molecule has 0 saturated heterocycles. The van der Waals surface area contributed by atoms with Gasteiger partial charge in [0.15, 0.2) is 6.10 Å². The molecule has 6 heteroatoms. The van der Waals surface area contributed by atoms with Crippen molar-refractivity contribution in [3.63, 3.8) is 0 Å². The van der Waals surface area contributed by atoms with Crippen molar-refractivity contribution in [2.24, 2.45) is 0 Å². The molecule has 0 heterocycles. The van der Waals surface area contributed by atoms with E-state index in [2.05, 4.69) is 191 Å². The number of rotatable bonds is 55. The number of carbonyl (C=O) groups excluding carboxylic acids is 3. The Balaban J connectivity index is 4.41. The number of ether oxygens (including phenoxy) is 3. The van der Waals surface area contributed by atoms with E-state index in [4.69, 9.17) is 14.2 Å². The van der Waals surface area contributed by atoms with E-state index in [-0.39, 0.29) is 37.5 Å². The molecular formula is C73H114O6. The number of unbranched alkanes of at least 4 members (excludes halogenated alkanes) is 16. The monoisotopic (exact) mass is 1090 g/mol. The minimum Gasteiger partial charge on any atom is -0.462 e. The third-order valence-electron chi connectivity index (χ3n) is 12.7. The Morgan fingerprint density at radius 1 is 0.266 bits per heavy atom. The third-order valence-corrected chi connectivity index (χ3v) is 12.7. The van der Waals surface area contributed by atoms with Gasteiger partial charge in [-0.05, 0) is 154 Å². The first-order chi connectivity index (χ1) is 39.0. The molecule has 0 aliphatic rings. The molecule has 0 radical (unpaired) electrons. The molecule has 0 amide bonds. The molecule has 0 aliphatic heterocycles. The quantitative estimate of drug-likeness (QED) is 0.0261. The van der Waals surface area contributed by atoms with Gasteiger partial charge in [-0.3, -0.25) is 14.4 Å². The van der Waals surface area contributed by atoms with E-state index in [1.54, 1.807) is 0 Å². The van der Waals surface area contributed by atoms with Crippen LogP contribution < -0.4 is 0 Å². The summed E-state index contributed by atoms with van der Waals surface area (Å²) in [5, 5.41) is 0. The lowest BCUT2D eigenvalue weighted by Crippen LogP contribution is -2.30. The molecule has 0 spiro atoms. The molecule has 0 saturated carbocycles. The fourth-order valence-corrected chi connectivity index (χ4v) is 8.01. The summed E-state index contributed by atoms with van der Waals surface area (Å²) in [6.07, 6.45) is 96.5. The fourth-order valence-electron chi connectivity index (χ4n) is 8.01. The predicted octanol–water partition coefficient (Wildman–Crippen LogP) is 21.9. The minimum atomic E-state index is -0.821. The average molecular weight is 1090 g/mol. The highest BCUT2D eigenvalue weighted by Gasteiger charge is 2.19. The van der Waals surface area contributed by atoms with E-state index in [0.717, 1.165) is 154 Å². The topological polar surface area (TPSA) is 78.9 Å². The van der Waals surface area contributed by atoms with E-state index in [9.17, 15) is 14.4 Å². The van der Waals surface area contributed by atoms with Gasteiger partial charge in [-0.1, -0.05) is 249 Å². The molecular weight excluding hydrogens is 973 g/mol. The zero-order valence-electron chi connectivity index (χ0n) is 50.6. The maximum Gasteiger partial charge on any atom is 0.306 e. The van der Waals surface area contributed by atoms with Crippen LogP contribution in [-0.2, 0) is 28.6 Å². The molecule has 0 aromatic rings. The average Bonchev–Trinajstić information content (AvgIpc) is 3.45. The molecule has 1 atom stereocenters. The Hall–Kier alpha value is -5.23. The number of allylic oxidation sites excluding steroid dienone is 28. The van der Waals surface area contributed by atoms with Gasteiger partial charge in [0.1, 0.15) is 13.2 Å². The van der Waals surface area contributed by atoms with Gasteiger partial charge in [0, 0.05) is 19.3 Å². The van der Waals surface area contributed by atoms with Gasteiger partial charge in [-0.15, -0.1) is 0 Å². The van der Waals surface area contributed by atoms with E-state index >= 15 is 0 Å². The van der Waals surface area contributed by atoms with E-state index < -0.39 is 6.10 Å². The van der Waals surface area contributed by atoms with Crippen molar-refractivity contribution in [2.75, 3.05) is 13.2 Å². The van der Waals surface area contributed by atoms with Crippen molar-refractivity contribution in [2.45, 2.75) is 258 Å². The Morgan fingerprint density at radius 3 is 0.823 bits per heavy atom. The fraction of sp³-hybridized carbons (Fsp3) is 0.575. The molecule has 6 nitrogen and oxygen atoms in total. The van der Waals surface area contributed by atoms with Gasteiger partial charge < -0.3 is 14.2 Å². The Morgan fingerprint density at radius 2 is 0.494 bits per heavy atom. The normalized spacial score (nSPS) is 13.3. The Kier molecular flexibility index (Phi) is 61.0. The lowest BCUT2D eigenvalue weighted by atomic mass is 10.1. The van der Waals surface area contributed by atoms with Gasteiger partial charge in [0.25, 0.3) is 0 Å². The van der Waals surface area contributed by atoms with E-state index in [1.165, 1.54) is 51.4 Å². The summed E-state index contributed by atoms with van der Waals surface area (Å²) in [4.78, 5) is 38.2. The second-order valence-corrected chi connectivity index (χ2v) is 20.2. The third kappa shape index (κ3) is 63.5. The van der Waals surface area contributed by atoms with Gasteiger partial charge in [0.05, 0.1) is 0 Å². The second kappa shape index (κ2) is 65.3. The molecule has 0 aromatic carbocycles. The lowest BCUT2D eigenvalue weighted by molar-refractivity contribution is -0.167. The molecule has 0 N–H and O–H groups in total. The van der Waals surface area contributed by atoms with Crippen LogP contribution in [0, 0.1) is 0 Å². The molecule has 0 aliphatic carbocycles. The lowest BCUT2D eigenvalue weighted by Gasteiger charge is -2.18. The summed E-state index contributed by atoms with van der Waals surface area (Å²) in [5.41, 5.74) is 0. The number of carbonyl (C=O) groups is 3. The minimum absolute atomic E-state index is 0.117. The van der Waals surface area contributed by atoms with Gasteiger partial charge in [-0.25, -0.2) is 0 Å². The van der Waals surface area contributed by atoms with Crippen molar-refractivity contribution in [1.82, 2.24) is 0 Å². The first-order valence-electron chi connectivity index (χ1n) is 31.6. The van der Waals surface area contributed by atoms with Gasteiger partial charge >= 0.3 is 17.9 Å². The zero-order valence-corrected chi connectivity index (χ0v) is 50.6. The van der Waals surface area contributed by atoms with Crippen molar-refractivity contribution in [1.29, 1.82) is 0 Å². The smallest absolute Gasteiger partial charge is 0.306 e. The van der Waals surface area contributed by atoms with Crippen LogP contribution in [0.4, 0.5) is 0 Å². The molecule has 0 fully saturated rings. The highest BCUT2D eigenvalue weighted by molar-refractivity contribution is 5.71. The number of esters is 3. The maximum atomic E-state index is 12.9. The van der Waals surface area contributed by atoms with Crippen molar-refractivity contribution in [3.05, 3.63) is 170 Å². The Bertz CT molecular complexity index is 1820. The summed E-state index contributed by atoms with van der Waals surface area (Å²) in [6, 6.07) is 0. The number of hydrogen-bond acceptors (Lipinski definition) is 6. The molecule has 0 bridgehead atoms. The van der Waals surface area contributed by atoms with Crippen LogP contribution in [0.1, 0.15) is 252 Å². The van der Waals surface area contributed by atoms with Gasteiger partial charge in [0.2, 0.25) is 0 Å². The van der Waals surface area contributed by atoms with Crippen molar-refractivity contribution in [3.8, 4) is 0 Å². The second-order valence-electron chi connectivity index (χ2n) is 20.2. The first-order valence-corrected chi connectivity index (χ1v) is 31.6. The summed E-state index contributed by atoms with van der Waals surface area (Å²) < 4.78 is 16.8. The summed E-state index contributed by atoms with van der Waals surface area (Å²) >= 11 is 0. The van der Waals surface area contributed by atoms with Crippen molar-refractivity contribution < 1.29 is 28.6 Å². The summed E-state index contributed by atoms with van der Waals surface area (Å²) in [5.74, 6) is -1.00.